The molecule has 182 valence electrons. The highest BCUT2D eigenvalue weighted by Gasteiger charge is 2.49. The minimum atomic E-state index is -5.83. The van der Waals surface area contributed by atoms with Crippen LogP contribution in [0.3, 0.4) is 0 Å². The van der Waals surface area contributed by atoms with Gasteiger partial charge in [0.05, 0.1) is 11.8 Å². The Labute approximate surface area is 209 Å². The summed E-state index contributed by atoms with van der Waals surface area (Å²) in [5.41, 5.74) is -11.2. The summed E-state index contributed by atoms with van der Waals surface area (Å²) in [7, 11) is -11.7. The zero-order valence-electron chi connectivity index (χ0n) is 14.9. The van der Waals surface area contributed by atoms with Gasteiger partial charge in [-0.25, -0.2) is 0 Å². The highest BCUT2D eigenvalue weighted by Crippen LogP contribution is 2.27. The standard InChI is InChI=1S/C14H10Cl2F6I2O6S2/c15-5-11(29-31(25,26)13(17,18)19)7-23-9-1-2-10(4-3-9)24-8-12(6-16)30-32(27,28)14(20,21)22/h1-4,7-8H,5-6H2/q+2/b11-7-,12-8+. The van der Waals surface area contributed by atoms with Crippen molar-refractivity contribution in [2.24, 2.45) is 0 Å². The average Bonchev–Trinajstić information content (AvgIpc) is 2.67. The third-order valence-electron chi connectivity index (χ3n) is 2.67. The molecule has 0 spiro atoms. The van der Waals surface area contributed by atoms with Gasteiger partial charge in [-0.2, -0.15) is 43.2 Å². The Kier molecular flexibility index (Phi) is 11.2. The number of hydrogen-bond acceptors (Lipinski definition) is 6. The molecular weight excluding hydrogens is 767 g/mol. The largest absolute Gasteiger partial charge is 0.534 e. The first-order chi connectivity index (χ1) is 14.5. The van der Waals surface area contributed by atoms with E-state index >= 15 is 0 Å². The Hall–Kier alpha value is -0.180. The van der Waals surface area contributed by atoms with Crippen LogP contribution in [0.4, 0.5) is 26.3 Å². The van der Waals surface area contributed by atoms with Gasteiger partial charge >= 0.3 is 73.7 Å². The number of allylic oxidation sites excluding steroid dienone is 2. The third-order valence-corrected chi connectivity index (χ3v) is 10.1. The van der Waals surface area contributed by atoms with Gasteiger partial charge in [0.2, 0.25) is 0 Å². The summed E-state index contributed by atoms with van der Waals surface area (Å²) >= 11 is 8.58. The maximum atomic E-state index is 12.4. The van der Waals surface area contributed by atoms with Gasteiger partial charge in [-0.15, -0.1) is 23.2 Å². The van der Waals surface area contributed by atoms with E-state index in [1.807, 2.05) is 0 Å². The van der Waals surface area contributed by atoms with Crippen molar-refractivity contribution in [3.63, 3.8) is 0 Å². The van der Waals surface area contributed by atoms with Gasteiger partial charge in [0.15, 0.2) is 26.8 Å². The van der Waals surface area contributed by atoms with Crippen molar-refractivity contribution in [1.29, 1.82) is 0 Å². The summed E-state index contributed by atoms with van der Waals surface area (Å²) in [6, 6.07) is 6.24. The summed E-state index contributed by atoms with van der Waals surface area (Å²) in [6.07, 6.45) is 0. The molecule has 0 aliphatic heterocycles. The van der Waals surface area contributed by atoms with Crippen LogP contribution in [0, 0.1) is 7.14 Å². The molecule has 32 heavy (non-hydrogen) atoms. The van der Waals surface area contributed by atoms with Crippen LogP contribution in [0.25, 0.3) is 0 Å². The monoisotopic (exact) mass is 776 g/mol. The average molecular weight is 777 g/mol. The van der Waals surface area contributed by atoms with Crippen LogP contribution in [0.5, 0.6) is 0 Å². The highest BCUT2D eigenvalue weighted by molar-refractivity contribution is 7.88. The van der Waals surface area contributed by atoms with Gasteiger partial charge in [0.25, 0.3) is 0 Å². The Balaban J connectivity index is 2.84. The number of alkyl halides is 8. The van der Waals surface area contributed by atoms with E-state index in [4.69, 9.17) is 23.2 Å². The van der Waals surface area contributed by atoms with Crippen LogP contribution in [-0.2, 0) is 28.6 Å². The van der Waals surface area contributed by atoms with Gasteiger partial charge < -0.3 is 8.37 Å². The van der Waals surface area contributed by atoms with E-state index in [-0.39, 0.29) is 0 Å². The fourth-order valence-corrected chi connectivity index (χ4v) is 7.22. The van der Waals surface area contributed by atoms with Crippen LogP contribution in [-0.4, -0.2) is 39.6 Å². The fourth-order valence-electron chi connectivity index (χ4n) is 1.34. The molecule has 0 atom stereocenters. The molecule has 1 rings (SSSR count). The van der Waals surface area contributed by atoms with E-state index in [0.717, 1.165) is 8.17 Å². The van der Waals surface area contributed by atoms with Crippen LogP contribution < -0.4 is 42.4 Å². The first-order valence-corrected chi connectivity index (χ1v) is 15.9. The number of benzene rings is 1. The smallest absolute Gasteiger partial charge is 0.375 e. The lowest BCUT2D eigenvalue weighted by atomic mass is 10.4. The molecule has 0 aliphatic carbocycles. The van der Waals surface area contributed by atoms with E-state index in [2.05, 4.69) is 8.37 Å². The van der Waals surface area contributed by atoms with E-state index in [1.165, 1.54) is 0 Å². The van der Waals surface area contributed by atoms with Crippen molar-refractivity contribution in [1.82, 2.24) is 0 Å². The second-order valence-corrected chi connectivity index (χ2v) is 13.6. The van der Waals surface area contributed by atoms with E-state index < -0.39 is 96.9 Å². The van der Waals surface area contributed by atoms with Crippen molar-refractivity contribution in [3.8, 4) is 0 Å². The van der Waals surface area contributed by atoms with Gasteiger partial charge in [-0.3, -0.25) is 0 Å². The lowest BCUT2D eigenvalue weighted by Gasteiger charge is -2.08. The predicted octanol–water partition coefficient (Wildman–Crippen LogP) is -1.90. The second-order valence-electron chi connectivity index (χ2n) is 5.04. The summed E-state index contributed by atoms with van der Waals surface area (Å²) in [5, 5.41) is 0. The topological polar surface area (TPSA) is 86.7 Å². The predicted molar refractivity (Wildman–Crippen MR) is 93.6 cm³/mol. The van der Waals surface area contributed by atoms with Crippen molar-refractivity contribution in [2.45, 2.75) is 11.0 Å². The molecule has 6 nitrogen and oxygen atoms in total. The van der Waals surface area contributed by atoms with Gasteiger partial charge in [-0.05, 0) is 24.3 Å². The van der Waals surface area contributed by atoms with Crippen LogP contribution in [0.15, 0.2) is 43.9 Å². The molecule has 0 N–H and O–H groups in total. The minimum Gasteiger partial charge on any atom is -0.375 e. The Morgan fingerprint density at radius 3 is 1.25 bits per heavy atom. The summed E-state index contributed by atoms with van der Waals surface area (Å²) in [6.45, 7) is 0. The normalized spacial score (nSPS) is 14.4. The lowest BCUT2D eigenvalue weighted by molar-refractivity contribution is -0.564. The molecule has 0 bridgehead atoms. The molecule has 0 aromatic heterocycles. The van der Waals surface area contributed by atoms with Crippen molar-refractivity contribution < 1.29 is 94.0 Å². The van der Waals surface area contributed by atoms with E-state index in [0.29, 0.717) is 7.14 Å². The maximum absolute atomic E-state index is 12.4. The zero-order valence-corrected chi connectivity index (χ0v) is 22.4. The molecule has 0 radical (unpaired) electrons. The first-order valence-electron chi connectivity index (χ1n) is 7.41. The van der Waals surface area contributed by atoms with Crippen LogP contribution in [0.2, 0.25) is 0 Å². The molecule has 0 amide bonds. The molecule has 0 heterocycles. The van der Waals surface area contributed by atoms with Gasteiger partial charge in [-0.1, -0.05) is 0 Å². The zero-order chi connectivity index (χ0) is 24.8. The molecule has 0 unspecified atom stereocenters. The Bertz CT molecular complexity index is 970. The number of halogens is 10. The highest BCUT2D eigenvalue weighted by atomic mass is 127. The minimum absolute atomic E-state index is 0.578. The molecule has 18 heteroatoms. The molecule has 0 saturated carbocycles. The molecular formula is C14H10Cl2F6I2O6S2+2. The Morgan fingerprint density at radius 2 is 1.03 bits per heavy atom. The second kappa shape index (κ2) is 12.0. The van der Waals surface area contributed by atoms with Crippen LogP contribution >= 0.6 is 23.2 Å². The maximum Gasteiger partial charge on any atom is 0.534 e. The van der Waals surface area contributed by atoms with Crippen molar-refractivity contribution in [2.75, 3.05) is 11.8 Å². The summed E-state index contributed by atoms with van der Waals surface area (Å²) in [5.74, 6) is -2.37. The fraction of sp³-hybridized carbons (Fsp3) is 0.286. The van der Waals surface area contributed by atoms with Crippen LogP contribution in [0.1, 0.15) is 0 Å². The SMILES string of the molecule is O=S(=O)(O/C(=C\[I+]c1ccc([I+]/C=C(\CCl)OS(=O)(=O)C(F)(F)F)cc1)CCl)C(F)(F)F. The quantitative estimate of drug-likeness (QED) is 0.0690. The Morgan fingerprint density at radius 1 is 0.750 bits per heavy atom. The van der Waals surface area contributed by atoms with Gasteiger partial charge in [0, 0.05) is 0 Å². The number of rotatable bonds is 10. The van der Waals surface area contributed by atoms with E-state index in [9.17, 15) is 43.2 Å². The number of hydrogen-bond donors (Lipinski definition) is 0. The molecule has 0 saturated heterocycles. The van der Waals surface area contributed by atoms with Crippen molar-refractivity contribution in [3.05, 3.63) is 51.1 Å². The third kappa shape index (κ3) is 9.22. The molecule has 1 aromatic carbocycles. The van der Waals surface area contributed by atoms with Gasteiger partial charge in [0.1, 0.15) is 0 Å². The van der Waals surface area contributed by atoms with Crippen molar-refractivity contribution >= 4 is 43.4 Å². The first kappa shape index (κ1) is 29.9. The van der Waals surface area contributed by atoms with E-state index in [1.54, 1.807) is 24.3 Å². The molecule has 0 aliphatic rings. The molecule has 1 aromatic rings. The summed E-state index contributed by atoms with van der Waals surface area (Å²) in [4.78, 5) is 0. The molecule has 0 fully saturated rings. The lowest BCUT2D eigenvalue weighted by Crippen LogP contribution is -3.59. The summed E-state index contributed by atoms with van der Waals surface area (Å²) < 4.78 is 130.